The number of hydrogen-bond donors (Lipinski definition) is 1. The Morgan fingerprint density at radius 2 is 2.06 bits per heavy atom. The van der Waals surface area contributed by atoms with Crippen molar-refractivity contribution in [1.29, 1.82) is 0 Å². The topological polar surface area (TPSA) is 24.4 Å². The Bertz CT molecular complexity index is 226. The molecule has 100 valence electrons. The Hall–Kier alpha value is -0.180. The van der Waals surface area contributed by atoms with Gasteiger partial charge in [0.1, 0.15) is 0 Å². The second kappa shape index (κ2) is 8.84. The van der Waals surface area contributed by atoms with Crippen LogP contribution in [-0.2, 0) is 0 Å². The Kier molecular flexibility index (Phi) is 7.74. The van der Waals surface area contributed by atoms with Crippen LogP contribution < -0.4 is 5.32 Å². The lowest BCUT2D eigenvalue weighted by atomic mass is 10.0. The van der Waals surface area contributed by atoms with Crippen molar-refractivity contribution in [1.82, 2.24) is 5.32 Å². The zero-order valence-corrected chi connectivity index (χ0v) is 12.5. The summed E-state index contributed by atoms with van der Waals surface area (Å²) in [6.07, 6.45) is 6.80. The van der Waals surface area contributed by atoms with Crippen molar-refractivity contribution < 1.29 is 0 Å². The summed E-state index contributed by atoms with van der Waals surface area (Å²) in [5.41, 5.74) is 0. The van der Waals surface area contributed by atoms with E-state index in [1.165, 1.54) is 43.0 Å². The van der Waals surface area contributed by atoms with Gasteiger partial charge in [-0.15, -0.1) is 0 Å². The maximum absolute atomic E-state index is 4.54. The van der Waals surface area contributed by atoms with Gasteiger partial charge in [-0.1, -0.05) is 58.2 Å². The van der Waals surface area contributed by atoms with Crippen LogP contribution in [-0.4, -0.2) is 24.0 Å². The number of nitrogens with one attached hydrogen (secondary N) is 1. The summed E-state index contributed by atoms with van der Waals surface area (Å²) in [5, 5.41) is 4.63. The van der Waals surface area contributed by atoms with E-state index in [1.54, 1.807) is 0 Å². The number of hydrogen-bond acceptors (Lipinski definition) is 3. The first-order chi connectivity index (χ1) is 8.18. The van der Waals surface area contributed by atoms with Gasteiger partial charge in [-0.05, 0) is 18.3 Å². The largest absolute Gasteiger partial charge is 0.365 e. The lowest BCUT2D eigenvalue weighted by Gasteiger charge is -2.17. The van der Waals surface area contributed by atoms with Gasteiger partial charge in [0.25, 0.3) is 0 Å². The average molecular weight is 256 g/mol. The fourth-order valence-electron chi connectivity index (χ4n) is 1.89. The number of amidine groups is 1. The second-order valence-corrected chi connectivity index (χ2v) is 6.59. The van der Waals surface area contributed by atoms with Gasteiger partial charge in [0.15, 0.2) is 5.17 Å². The summed E-state index contributed by atoms with van der Waals surface area (Å²) in [4.78, 5) is 4.54. The second-order valence-electron chi connectivity index (χ2n) is 5.59. The Morgan fingerprint density at radius 1 is 1.29 bits per heavy atom. The van der Waals surface area contributed by atoms with Crippen LogP contribution in [0.2, 0.25) is 0 Å². The molecule has 0 saturated heterocycles. The predicted octanol–water partition coefficient (Wildman–Crippen LogP) is 3.92. The molecule has 0 aromatic heterocycles. The molecule has 0 aliphatic carbocycles. The molecule has 1 heterocycles. The van der Waals surface area contributed by atoms with Crippen LogP contribution in [0.15, 0.2) is 4.99 Å². The summed E-state index contributed by atoms with van der Waals surface area (Å²) < 4.78 is 0. The molecule has 1 aliphatic heterocycles. The van der Waals surface area contributed by atoms with Crippen molar-refractivity contribution in [2.75, 3.05) is 18.8 Å². The van der Waals surface area contributed by atoms with E-state index >= 15 is 0 Å². The minimum absolute atomic E-state index is 0.751. The molecule has 0 saturated carbocycles. The first kappa shape index (κ1) is 14.9. The molecular weight excluding hydrogens is 228 g/mol. The third kappa shape index (κ3) is 7.69. The van der Waals surface area contributed by atoms with E-state index in [4.69, 9.17) is 0 Å². The maximum Gasteiger partial charge on any atom is 0.156 e. The number of unbranched alkanes of at least 4 members (excludes halogenated alkanes) is 3. The van der Waals surface area contributed by atoms with Crippen molar-refractivity contribution >= 4 is 16.9 Å². The van der Waals surface area contributed by atoms with Crippen molar-refractivity contribution in [2.24, 2.45) is 16.8 Å². The molecule has 0 aromatic carbocycles. The van der Waals surface area contributed by atoms with E-state index in [-0.39, 0.29) is 0 Å². The van der Waals surface area contributed by atoms with E-state index in [1.807, 2.05) is 11.8 Å². The molecule has 1 aliphatic rings. The fraction of sp³-hybridized carbons (Fsp3) is 0.929. The molecule has 0 aromatic rings. The molecule has 1 unspecified atom stereocenters. The zero-order valence-electron chi connectivity index (χ0n) is 11.7. The maximum atomic E-state index is 4.54. The van der Waals surface area contributed by atoms with Crippen molar-refractivity contribution in [2.45, 2.75) is 52.9 Å². The normalized spacial score (nSPS) is 20.5. The predicted molar refractivity (Wildman–Crippen MR) is 79.8 cm³/mol. The third-order valence-electron chi connectivity index (χ3n) is 3.04. The lowest BCUT2D eigenvalue weighted by molar-refractivity contribution is 0.519. The fourth-order valence-corrected chi connectivity index (χ4v) is 2.81. The minimum atomic E-state index is 0.751. The van der Waals surface area contributed by atoms with Gasteiger partial charge >= 0.3 is 0 Å². The number of nitrogens with zero attached hydrogens (tertiary/aromatic N) is 1. The van der Waals surface area contributed by atoms with E-state index in [2.05, 4.69) is 31.1 Å². The molecule has 0 bridgehead atoms. The van der Waals surface area contributed by atoms with Crippen molar-refractivity contribution in [3.8, 4) is 0 Å². The van der Waals surface area contributed by atoms with E-state index in [0.717, 1.165) is 24.9 Å². The molecule has 1 atom stereocenters. The lowest BCUT2D eigenvalue weighted by Crippen LogP contribution is -2.26. The first-order valence-corrected chi connectivity index (χ1v) is 8.08. The molecule has 0 spiro atoms. The number of thioether (sulfide) groups is 1. The SMILES string of the molecule is CC(C)CCCCCCNC1=NCC(C)CS1. The quantitative estimate of drug-likeness (QED) is 0.698. The van der Waals surface area contributed by atoms with Crippen LogP contribution in [0.1, 0.15) is 52.9 Å². The summed E-state index contributed by atoms with van der Waals surface area (Å²) in [5.74, 6) is 2.84. The van der Waals surface area contributed by atoms with Crippen LogP contribution in [0, 0.1) is 11.8 Å². The molecule has 2 nitrogen and oxygen atoms in total. The highest BCUT2D eigenvalue weighted by Crippen LogP contribution is 2.15. The highest BCUT2D eigenvalue weighted by molar-refractivity contribution is 8.13. The molecule has 1 rings (SSSR count). The Balaban J connectivity index is 1.91. The van der Waals surface area contributed by atoms with Gasteiger partial charge in [0, 0.05) is 18.8 Å². The summed E-state index contributed by atoms with van der Waals surface area (Å²) >= 11 is 1.88. The summed E-state index contributed by atoms with van der Waals surface area (Å²) in [7, 11) is 0. The molecule has 1 N–H and O–H groups in total. The molecule has 0 fully saturated rings. The zero-order chi connectivity index (χ0) is 12.5. The number of rotatable bonds is 7. The molecule has 3 heteroatoms. The molecule has 0 radical (unpaired) electrons. The van der Waals surface area contributed by atoms with Crippen molar-refractivity contribution in [3.63, 3.8) is 0 Å². The standard InChI is InChI=1S/C14H28N2S/c1-12(2)8-6-4-5-7-9-15-14-16-10-13(3)11-17-14/h12-13H,4-11H2,1-3H3,(H,15,16). The van der Waals surface area contributed by atoms with E-state index in [0.29, 0.717) is 0 Å². The van der Waals surface area contributed by atoms with Gasteiger partial charge in [0.2, 0.25) is 0 Å². The van der Waals surface area contributed by atoms with E-state index in [9.17, 15) is 0 Å². The molecule has 17 heavy (non-hydrogen) atoms. The van der Waals surface area contributed by atoms with Gasteiger partial charge in [-0.2, -0.15) is 0 Å². The molecule has 0 amide bonds. The van der Waals surface area contributed by atoms with Crippen molar-refractivity contribution in [3.05, 3.63) is 0 Å². The van der Waals surface area contributed by atoms with Crippen LogP contribution in [0.25, 0.3) is 0 Å². The van der Waals surface area contributed by atoms with Gasteiger partial charge in [-0.3, -0.25) is 4.99 Å². The highest BCUT2D eigenvalue weighted by Gasteiger charge is 2.10. The highest BCUT2D eigenvalue weighted by atomic mass is 32.2. The van der Waals surface area contributed by atoms with Crippen LogP contribution in [0.5, 0.6) is 0 Å². The smallest absolute Gasteiger partial charge is 0.156 e. The Labute approximate surface area is 111 Å². The Morgan fingerprint density at radius 3 is 2.71 bits per heavy atom. The first-order valence-electron chi connectivity index (χ1n) is 7.09. The summed E-state index contributed by atoms with van der Waals surface area (Å²) in [6.45, 7) is 8.98. The van der Waals surface area contributed by atoms with Crippen LogP contribution >= 0.6 is 11.8 Å². The van der Waals surface area contributed by atoms with Gasteiger partial charge < -0.3 is 5.32 Å². The monoisotopic (exact) mass is 256 g/mol. The number of aliphatic imine (C=N–C) groups is 1. The minimum Gasteiger partial charge on any atom is -0.365 e. The molecular formula is C14H28N2S. The van der Waals surface area contributed by atoms with Crippen LogP contribution in [0.4, 0.5) is 0 Å². The van der Waals surface area contributed by atoms with Gasteiger partial charge in [0.05, 0.1) is 0 Å². The average Bonchev–Trinajstić information content (AvgIpc) is 2.30. The summed E-state index contributed by atoms with van der Waals surface area (Å²) in [6, 6.07) is 0. The van der Waals surface area contributed by atoms with Gasteiger partial charge in [-0.25, -0.2) is 0 Å². The van der Waals surface area contributed by atoms with E-state index < -0.39 is 0 Å². The third-order valence-corrected chi connectivity index (χ3v) is 4.32. The van der Waals surface area contributed by atoms with Crippen LogP contribution in [0.3, 0.4) is 0 Å².